The first-order valence-electron chi connectivity index (χ1n) is 14.5. The molecule has 0 saturated carbocycles. The first-order chi connectivity index (χ1) is 23.9. The SMILES string of the molecule is C=C(C)C(=O)O.C=C(C)C(=O)O.C=C(C)C(=O)O.C=C(C)C(=O)O.C=C(C)C(=O)O.C=C(C)C(=O)O.OCC(CO)(CO)COCC(CO)(CO)CO. The van der Waals surface area contributed by atoms with E-state index >= 15 is 0 Å². The molecule has 0 atom stereocenters. The maximum atomic E-state index is 9.60. The van der Waals surface area contributed by atoms with Crippen molar-refractivity contribution in [1.82, 2.24) is 0 Å². The summed E-state index contributed by atoms with van der Waals surface area (Å²) in [6.07, 6.45) is 0. The summed E-state index contributed by atoms with van der Waals surface area (Å²) in [6.45, 7) is 24.6. The van der Waals surface area contributed by atoms with Crippen molar-refractivity contribution in [2.24, 2.45) is 10.8 Å². The zero-order chi connectivity index (χ0) is 44.3. The standard InChI is InChI=1S/C10H22O7.6C4H6O2/c11-1-9(2-12,3-13)7-17-8-10(4-14,5-15)6-16;6*1-3(2)4(5)6/h11-16H,1-8H2;6*1H2,2H3,(H,5,6). The number of carboxylic acid groups (broad SMARTS) is 6. The van der Waals surface area contributed by atoms with E-state index in [-0.39, 0.29) is 46.7 Å². The van der Waals surface area contributed by atoms with Crippen LogP contribution in [0.1, 0.15) is 41.5 Å². The highest BCUT2D eigenvalue weighted by atomic mass is 16.5. The van der Waals surface area contributed by atoms with E-state index in [4.69, 9.17) is 66.0 Å². The van der Waals surface area contributed by atoms with Gasteiger partial charge in [0, 0.05) is 33.4 Å². The van der Waals surface area contributed by atoms with Crippen molar-refractivity contribution in [2.75, 3.05) is 52.9 Å². The van der Waals surface area contributed by atoms with Gasteiger partial charge in [0.05, 0.1) is 63.7 Å². The van der Waals surface area contributed by atoms with Crippen LogP contribution in [0.3, 0.4) is 0 Å². The Balaban J connectivity index is -0.0000000996. The van der Waals surface area contributed by atoms with Gasteiger partial charge in [-0.25, -0.2) is 28.8 Å². The lowest BCUT2D eigenvalue weighted by Gasteiger charge is -2.31. The number of hydrogen-bond acceptors (Lipinski definition) is 13. The minimum atomic E-state index is -1.16. The molecular weight excluding hydrogens is 712 g/mol. The second-order valence-corrected chi connectivity index (χ2v) is 11.0. The molecule has 0 aliphatic carbocycles. The van der Waals surface area contributed by atoms with Crippen molar-refractivity contribution in [3.63, 3.8) is 0 Å². The van der Waals surface area contributed by atoms with Gasteiger partial charge in [-0.1, -0.05) is 39.5 Å². The lowest BCUT2D eigenvalue weighted by molar-refractivity contribution is -0.133. The predicted molar refractivity (Wildman–Crippen MR) is 193 cm³/mol. The molecule has 0 heterocycles. The Kier molecular flexibility index (Phi) is 43.7. The number of rotatable bonds is 16. The van der Waals surface area contributed by atoms with Crippen LogP contribution in [-0.2, 0) is 33.5 Å². The smallest absolute Gasteiger partial charge is 0.330 e. The molecule has 0 radical (unpaired) electrons. The van der Waals surface area contributed by atoms with Gasteiger partial charge in [-0.2, -0.15) is 0 Å². The molecule has 12 N–H and O–H groups in total. The molecule has 0 aromatic heterocycles. The molecule has 0 aromatic carbocycles. The second-order valence-electron chi connectivity index (χ2n) is 11.0. The summed E-state index contributed by atoms with van der Waals surface area (Å²) >= 11 is 0. The molecule has 0 aliphatic rings. The summed E-state index contributed by atoms with van der Waals surface area (Å²) in [5.41, 5.74) is -1.27. The number of hydrogen-bond donors (Lipinski definition) is 12. The van der Waals surface area contributed by atoms with Crippen molar-refractivity contribution >= 4 is 35.8 Å². The first-order valence-corrected chi connectivity index (χ1v) is 14.5. The summed E-state index contributed by atoms with van der Waals surface area (Å²) in [5, 5.41) is 102. The quantitative estimate of drug-likeness (QED) is 0.0966. The Labute approximate surface area is 308 Å². The summed E-state index contributed by atoms with van der Waals surface area (Å²) in [6, 6.07) is 0. The van der Waals surface area contributed by atoms with Crippen molar-refractivity contribution in [1.29, 1.82) is 0 Å². The third-order valence-electron chi connectivity index (χ3n) is 5.02. The predicted octanol–water partition coefficient (Wildman–Crippen LogP) is 0.812. The van der Waals surface area contributed by atoms with Gasteiger partial charge in [-0.3, -0.25) is 0 Å². The van der Waals surface area contributed by atoms with Gasteiger partial charge >= 0.3 is 35.8 Å². The molecule has 0 amide bonds. The van der Waals surface area contributed by atoms with Crippen molar-refractivity contribution in [3.8, 4) is 0 Å². The Morgan fingerprint density at radius 2 is 0.453 bits per heavy atom. The van der Waals surface area contributed by atoms with E-state index in [2.05, 4.69) is 39.5 Å². The summed E-state index contributed by atoms with van der Waals surface area (Å²) in [5.74, 6) is -5.61. The van der Waals surface area contributed by atoms with E-state index in [9.17, 15) is 28.8 Å². The van der Waals surface area contributed by atoms with E-state index in [1.54, 1.807) is 0 Å². The lowest BCUT2D eigenvalue weighted by Crippen LogP contribution is -2.43. The molecule has 308 valence electrons. The molecule has 0 fully saturated rings. The van der Waals surface area contributed by atoms with Crippen LogP contribution in [-0.4, -0.2) is 150 Å². The van der Waals surface area contributed by atoms with Crippen LogP contribution in [0.5, 0.6) is 0 Å². The van der Waals surface area contributed by atoms with Gasteiger partial charge in [-0.15, -0.1) is 0 Å². The number of aliphatic hydroxyl groups is 6. The molecule has 0 spiro atoms. The minimum Gasteiger partial charge on any atom is -0.478 e. The highest BCUT2D eigenvalue weighted by Crippen LogP contribution is 2.19. The van der Waals surface area contributed by atoms with Crippen LogP contribution >= 0.6 is 0 Å². The third kappa shape index (κ3) is 47.0. The molecule has 19 nitrogen and oxygen atoms in total. The zero-order valence-corrected chi connectivity index (χ0v) is 31.1. The molecule has 19 heteroatoms. The first kappa shape index (κ1) is 63.1. The Bertz CT molecular complexity index is 912. The van der Waals surface area contributed by atoms with Crippen LogP contribution in [0, 0.1) is 10.8 Å². The van der Waals surface area contributed by atoms with Crippen LogP contribution in [0.2, 0.25) is 0 Å². The number of carboxylic acids is 6. The van der Waals surface area contributed by atoms with E-state index < -0.39 is 86.3 Å². The average Bonchev–Trinajstić information content (AvgIpc) is 3.07. The third-order valence-corrected chi connectivity index (χ3v) is 5.02. The van der Waals surface area contributed by atoms with Crippen LogP contribution < -0.4 is 0 Å². The van der Waals surface area contributed by atoms with Gasteiger partial charge in [0.1, 0.15) is 0 Å². The van der Waals surface area contributed by atoms with Gasteiger partial charge < -0.3 is 66.0 Å². The molecule has 53 heavy (non-hydrogen) atoms. The normalized spacial score (nSPS) is 9.28. The molecule has 0 bridgehead atoms. The minimum absolute atomic E-state index is 0.141. The highest BCUT2D eigenvalue weighted by Gasteiger charge is 2.32. The highest BCUT2D eigenvalue weighted by molar-refractivity contribution is 5.86. The Morgan fingerprint density at radius 3 is 0.509 bits per heavy atom. The van der Waals surface area contributed by atoms with E-state index in [1.165, 1.54) is 41.5 Å². The number of ether oxygens (including phenoxy) is 1. The Hall–Kier alpha value is -5.02. The fourth-order valence-electron chi connectivity index (χ4n) is 1.06. The maximum Gasteiger partial charge on any atom is 0.330 e. The van der Waals surface area contributed by atoms with Gasteiger partial charge in [0.2, 0.25) is 0 Å². The molecular formula is C34H58O19. The second kappa shape index (κ2) is 36.8. The zero-order valence-electron chi connectivity index (χ0n) is 31.1. The maximum absolute atomic E-state index is 9.60. The summed E-state index contributed by atoms with van der Waals surface area (Å²) < 4.78 is 5.15. The van der Waals surface area contributed by atoms with Gasteiger partial charge in [0.25, 0.3) is 0 Å². The van der Waals surface area contributed by atoms with Crippen LogP contribution in [0.4, 0.5) is 0 Å². The summed E-state index contributed by atoms with van der Waals surface area (Å²) in [4.78, 5) is 57.6. The van der Waals surface area contributed by atoms with Crippen LogP contribution in [0.25, 0.3) is 0 Å². The molecule has 0 saturated heterocycles. The summed E-state index contributed by atoms with van der Waals surface area (Å²) in [7, 11) is 0. The number of aliphatic hydroxyl groups excluding tert-OH is 6. The van der Waals surface area contributed by atoms with E-state index in [0.29, 0.717) is 0 Å². The van der Waals surface area contributed by atoms with Crippen molar-refractivity contribution in [2.45, 2.75) is 41.5 Å². The molecule has 0 aliphatic heterocycles. The van der Waals surface area contributed by atoms with Crippen LogP contribution in [0.15, 0.2) is 72.9 Å². The molecule has 0 unspecified atom stereocenters. The topological polar surface area (TPSA) is 354 Å². The van der Waals surface area contributed by atoms with Crippen molar-refractivity contribution in [3.05, 3.63) is 72.9 Å². The van der Waals surface area contributed by atoms with Gasteiger partial charge in [-0.05, 0) is 41.5 Å². The fraction of sp³-hybridized carbons (Fsp3) is 0.471. The lowest BCUT2D eigenvalue weighted by atomic mass is 9.91. The largest absolute Gasteiger partial charge is 0.478 e. The number of aliphatic carboxylic acids is 6. The molecule has 0 aromatic rings. The Morgan fingerprint density at radius 1 is 0.358 bits per heavy atom. The van der Waals surface area contributed by atoms with E-state index in [0.717, 1.165) is 0 Å². The van der Waals surface area contributed by atoms with Gasteiger partial charge in [0.15, 0.2) is 0 Å². The monoisotopic (exact) mass is 770 g/mol. The fourth-order valence-corrected chi connectivity index (χ4v) is 1.06. The van der Waals surface area contributed by atoms with E-state index in [1.807, 2.05) is 0 Å². The number of carbonyl (C=O) groups is 6. The average molecular weight is 771 g/mol. The molecule has 0 rings (SSSR count). The van der Waals surface area contributed by atoms with Crippen molar-refractivity contribution < 1.29 is 94.8 Å².